The van der Waals surface area contributed by atoms with Gasteiger partial charge in [0.2, 0.25) is 0 Å². The predicted octanol–water partition coefficient (Wildman–Crippen LogP) is 1.83. The molecule has 0 radical (unpaired) electrons. The number of rotatable bonds is 4. The average molecular weight is 273 g/mol. The lowest BCUT2D eigenvalue weighted by Crippen LogP contribution is -2.53. The zero-order chi connectivity index (χ0) is 13.6. The standard InChI is InChI=1S/C12H23N3O2S/c1-11(2)14-18(16,17)15-12(10-13)8-6-4-3-5-7-9-12/h11,14-15H,3-9H2,1-2H3. The van der Waals surface area contributed by atoms with E-state index >= 15 is 0 Å². The Morgan fingerprint density at radius 2 is 1.61 bits per heavy atom. The van der Waals surface area contributed by atoms with Crippen LogP contribution in [-0.4, -0.2) is 20.0 Å². The van der Waals surface area contributed by atoms with E-state index in [1.165, 1.54) is 6.42 Å². The first-order valence-corrected chi connectivity index (χ1v) is 8.10. The number of nitrogens with zero attached hydrogens (tertiary/aromatic N) is 1. The minimum absolute atomic E-state index is 0.174. The minimum Gasteiger partial charge on any atom is -0.200 e. The van der Waals surface area contributed by atoms with Crippen LogP contribution in [0.4, 0.5) is 0 Å². The number of hydrogen-bond donors (Lipinski definition) is 2. The van der Waals surface area contributed by atoms with Gasteiger partial charge in [-0.1, -0.05) is 32.1 Å². The van der Waals surface area contributed by atoms with Gasteiger partial charge < -0.3 is 0 Å². The molecule has 0 aliphatic heterocycles. The number of hydrogen-bond acceptors (Lipinski definition) is 3. The van der Waals surface area contributed by atoms with Crippen molar-refractivity contribution in [2.24, 2.45) is 0 Å². The van der Waals surface area contributed by atoms with Gasteiger partial charge in [0, 0.05) is 6.04 Å². The highest BCUT2D eigenvalue weighted by Crippen LogP contribution is 2.26. The Bertz CT molecular complexity index is 390. The highest BCUT2D eigenvalue weighted by Gasteiger charge is 2.34. The van der Waals surface area contributed by atoms with Gasteiger partial charge >= 0.3 is 0 Å². The van der Waals surface area contributed by atoms with Crippen LogP contribution in [0.3, 0.4) is 0 Å². The summed E-state index contributed by atoms with van der Waals surface area (Å²) in [6, 6.07) is 2.01. The van der Waals surface area contributed by atoms with Crippen LogP contribution in [0.25, 0.3) is 0 Å². The molecule has 5 nitrogen and oxygen atoms in total. The van der Waals surface area contributed by atoms with Crippen LogP contribution < -0.4 is 9.44 Å². The molecule has 1 aliphatic rings. The number of nitriles is 1. The van der Waals surface area contributed by atoms with Gasteiger partial charge in [0.05, 0.1) is 6.07 Å². The Hall–Kier alpha value is -0.640. The van der Waals surface area contributed by atoms with Crippen molar-refractivity contribution in [1.29, 1.82) is 5.26 Å². The highest BCUT2D eigenvalue weighted by molar-refractivity contribution is 7.87. The van der Waals surface area contributed by atoms with Crippen molar-refractivity contribution in [2.45, 2.75) is 70.4 Å². The van der Waals surface area contributed by atoms with Crippen LogP contribution in [0.1, 0.15) is 58.8 Å². The molecule has 0 spiro atoms. The third-order valence-electron chi connectivity index (χ3n) is 3.14. The van der Waals surface area contributed by atoms with Gasteiger partial charge in [-0.2, -0.15) is 23.1 Å². The van der Waals surface area contributed by atoms with Crippen molar-refractivity contribution in [3.05, 3.63) is 0 Å². The van der Waals surface area contributed by atoms with Gasteiger partial charge in [-0.3, -0.25) is 0 Å². The topological polar surface area (TPSA) is 82.0 Å². The molecule has 2 N–H and O–H groups in total. The maximum Gasteiger partial charge on any atom is 0.278 e. The Morgan fingerprint density at radius 3 is 2.06 bits per heavy atom. The lowest BCUT2D eigenvalue weighted by molar-refractivity contribution is 0.355. The molecule has 0 aromatic heterocycles. The molecule has 1 fully saturated rings. The van der Waals surface area contributed by atoms with Gasteiger partial charge in [-0.25, -0.2) is 0 Å². The van der Waals surface area contributed by atoms with Crippen LogP contribution in [0, 0.1) is 11.3 Å². The maximum absolute atomic E-state index is 11.9. The van der Waals surface area contributed by atoms with E-state index in [-0.39, 0.29) is 6.04 Å². The molecular weight excluding hydrogens is 250 g/mol. The highest BCUT2D eigenvalue weighted by atomic mass is 32.2. The summed E-state index contributed by atoms with van der Waals surface area (Å²) in [5.74, 6) is 0. The first kappa shape index (κ1) is 15.4. The zero-order valence-corrected chi connectivity index (χ0v) is 12.0. The Kier molecular flexibility index (Phi) is 5.57. The third-order valence-corrected chi connectivity index (χ3v) is 4.58. The molecule has 1 rings (SSSR count). The lowest BCUT2D eigenvalue weighted by atomic mass is 9.86. The first-order chi connectivity index (χ1) is 8.39. The lowest BCUT2D eigenvalue weighted by Gasteiger charge is -2.29. The average Bonchev–Trinajstić information content (AvgIpc) is 2.20. The fourth-order valence-electron chi connectivity index (χ4n) is 2.34. The quantitative estimate of drug-likeness (QED) is 0.819. The van der Waals surface area contributed by atoms with E-state index in [0.29, 0.717) is 12.8 Å². The van der Waals surface area contributed by atoms with Crippen LogP contribution >= 0.6 is 0 Å². The Balaban J connectivity index is 2.77. The van der Waals surface area contributed by atoms with E-state index < -0.39 is 15.7 Å². The molecule has 0 atom stereocenters. The van der Waals surface area contributed by atoms with Crippen molar-refractivity contribution in [1.82, 2.24) is 9.44 Å². The van der Waals surface area contributed by atoms with Crippen molar-refractivity contribution >= 4 is 10.2 Å². The van der Waals surface area contributed by atoms with E-state index in [0.717, 1.165) is 25.7 Å². The molecule has 6 heteroatoms. The van der Waals surface area contributed by atoms with Crippen LogP contribution in [-0.2, 0) is 10.2 Å². The summed E-state index contributed by atoms with van der Waals surface area (Å²) >= 11 is 0. The van der Waals surface area contributed by atoms with Crippen molar-refractivity contribution in [2.75, 3.05) is 0 Å². The monoisotopic (exact) mass is 273 g/mol. The summed E-state index contributed by atoms with van der Waals surface area (Å²) in [5.41, 5.74) is -0.929. The molecule has 0 aromatic rings. The van der Waals surface area contributed by atoms with Gasteiger partial charge in [-0.05, 0) is 26.7 Å². The third kappa shape index (κ3) is 4.92. The SMILES string of the molecule is CC(C)NS(=O)(=O)NC1(C#N)CCCCCCC1. The van der Waals surface area contributed by atoms with E-state index in [1.807, 2.05) is 0 Å². The molecule has 0 heterocycles. The molecule has 104 valence electrons. The summed E-state index contributed by atoms with van der Waals surface area (Å²) in [4.78, 5) is 0. The van der Waals surface area contributed by atoms with E-state index in [1.54, 1.807) is 13.8 Å². The summed E-state index contributed by atoms with van der Waals surface area (Å²) < 4.78 is 28.8. The number of nitrogens with one attached hydrogen (secondary N) is 2. The van der Waals surface area contributed by atoms with E-state index in [2.05, 4.69) is 15.5 Å². The van der Waals surface area contributed by atoms with Crippen molar-refractivity contribution in [3.63, 3.8) is 0 Å². The van der Waals surface area contributed by atoms with Gasteiger partial charge in [0.25, 0.3) is 10.2 Å². The van der Waals surface area contributed by atoms with Crippen molar-refractivity contribution in [3.8, 4) is 6.07 Å². The second-order valence-corrected chi connectivity index (χ2v) is 6.79. The maximum atomic E-state index is 11.9. The largest absolute Gasteiger partial charge is 0.278 e. The van der Waals surface area contributed by atoms with Crippen LogP contribution in [0.5, 0.6) is 0 Å². The summed E-state index contributed by atoms with van der Waals surface area (Å²) in [6.07, 6.45) is 6.32. The van der Waals surface area contributed by atoms with Gasteiger partial charge in [0.1, 0.15) is 5.54 Å². The van der Waals surface area contributed by atoms with E-state index in [4.69, 9.17) is 0 Å². The molecule has 0 unspecified atom stereocenters. The first-order valence-electron chi connectivity index (χ1n) is 6.62. The fourth-order valence-corrected chi connectivity index (χ4v) is 3.79. The normalized spacial score (nSPS) is 21.0. The molecule has 0 bridgehead atoms. The molecular formula is C12H23N3O2S. The molecule has 18 heavy (non-hydrogen) atoms. The minimum atomic E-state index is -3.60. The predicted molar refractivity (Wildman–Crippen MR) is 71.0 cm³/mol. The summed E-state index contributed by atoms with van der Waals surface area (Å²) in [7, 11) is -3.60. The second-order valence-electron chi connectivity index (χ2n) is 5.34. The molecule has 0 amide bonds. The fraction of sp³-hybridized carbons (Fsp3) is 0.917. The zero-order valence-electron chi connectivity index (χ0n) is 11.2. The molecule has 0 aromatic carbocycles. The molecule has 1 aliphatic carbocycles. The Morgan fingerprint density at radius 1 is 1.11 bits per heavy atom. The van der Waals surface area contributed by atoms with Crippen molar-refractivity contribution < 1.29 is 8.42 Å². The van der Waals surface area contributed by atoms with E-state index in [9.17, 15) is 13.7 Å². The second kappa shape index (κ2) is 6.50. The van der Waals surface area contributed by atoms with Gasteiger partial charge in [-0.15, -0.1) is 0 Å². The van der Waals surface area contributed by atoms with Gasteiger partial charge in [0.15, 0.2) is 0 Å². The molecule has 0 saturated heterocycles. The smallest absolute Gasteiger partial charge is 0.200 e. The van der Waals surface area contributed by atoms with Crippen LogP contribution in [0.2, 0.25) is 0 Å². The molecule has 1 saturated carbocycles. The van der Waals surface area contributed by atoms with Crippen LogP contribution in [0.15, 0.2) is 0 Å². The Labute approximate surface area is 110 Å². The summed E-state index contributed by atoms with van der Waals surface area (Å²) in [5, 5.41) is 9.35. The summed E-state index contributed by atoms with van der Waals surface area (Å²) in [6.45, 7) is 3.52.